The second-order valence-corrected chi connectivity index (χ2v) is 4.85. The van der Waals surface area contributed by atoms with E-state index in [9.17, 15) is 14.9 Å². The van der Waals surface area contributed by atoms with Crippen molar-refractivity contribution in [3.63, 3.8) is 0 Å². The van der Waals surface area contributed by atoms with Crippen LogP contribution in [-0.4, -0.2) is 30.1 Å². The number of carbonyl (C=O) groups is 1. The summed E-state index contributed by atoms with van der Waals surface area (Å²) < 4.78 is 5.05. The van der Waals surface area contributed by atoms with Gasteiger partial charge in [0.1, 0.15) is 11.7 Å². The Labute approximate surface area is 117 Å². The molecule has 0 saturated carbocycles. The molecular weight excluding hydrogens is 260 g/mol. The molecule has 0 N–H and O–H groups in total. The second-order valence-electron chi connectivity index (χ2n) is 4.85. The molecule has 20 heavy (non-hydrogen) atoms. The molecule has 1 atom stereocenters. The molecule has 1 saturated heterocycles. The Kier molecular flexibility index (Phi) is 4.22. The Morgan fingerprint density at radius 2 is 2.30 bits per heavy atom. The fourth-order valence-corrected chi connectivity index (χ4v) is 2.56. The van der Waals surface area contributed by atoms with E-state index in [0.717, 1.165) is 12.0 Å². The van der Waals surface area contributed by atoms with Crippen molar-refractivity contribution in [2.45, 2.75) is 32.7 Å². The first-order valence-electron chi connectivity index (χ1n) is 6.73. The summed E-state index contributed by atoms with van der Waals surface area (Å²) in [6.07, 6.45) is 1.50. The Hall–Kier alpha value is -2.11. The first-order chi connectivity index (χ1) is 9.54. The van der Waals surface area contributed by atoms with Crippen molar-refractivity contribution in [2.75, 3.05) is 18.1 Å². The van der Waals surface area contributed by atoms with Gasteiger partial charge in [-0.3, -0.25) is 10.1 Å². The van der Waals surface area contributed by atoms with E-state index in [1.807, 2.05) is 13.0 Å². The minimum Gasteiger partial charge on any atom is -0.464 e. The molecule has 1 aromatic carbocycles. The predicted octanol–water partition coefficient (Wildman–Crippen LogP) is 2.44. The van der Waals surface area contributed by atoms with Crippen LogP contribution in [0.5, 0.6) is 0 Å². The Bertz CT molecular complexity index is 530. The van der Waals surface area contributed by atoms with Gasteiger partial charge in [0.25, 0.3) is 5.69 Å². The van der Waals surface area contributed by atoms with Gasteiger partial charge in [-0.25, -0.2) is 4.79 Å². The van der Waals surface area contributed by atoms with E-state index in [0.29, 0.717) is 25.3 Å². The number of hydrogen-bond acceptors (Lipinski definition) is 5. The Morgan fingerprint density at radius 1 is 1.55 bits per heavy atom. The third-order valence-corrected chi connectivity index (χ3v) is 3.45. The lowest BCUT2D eigenvalue weighted by Crippen LogP contribution is -2.37. The van der Waals surface area contributed by atoms with Gasteiger partial charge in [0, 0.05) is 12.6 Å². The highest BCUT2D eigenvalue weighted by Crippen LogP contribution is 2.34. The molecule has 0 spiro atoms. The SMILES string of the molecule is CCOC(=O)C1CCCN1c1ccc(C)cc1[N+](=O)[O-]. The lowest BCUT2D eigenvalue weighted by Gasteiger charge is -2.24. The summed E-state index contributed by atoms with van der Waals surface area (Å²) >= 11 is 0. The van der Waals surface area contributed by atoms with Gasteiger partial charge in [-0.2, -0.15) is 0 Å². The van der Waals surface area contributed by atoms with E-state index in [2.05, 4.69) is 0 Å². The van der Waals surface area contributed by atoms with Gasteiger partial charge in [-0.1, -0.05) is 6.07 Å². The van der Waals surface area contributed by atoms with Crippen molar-refractivity contribution in [1.82, 2.24) is 0 Å². The van der Waals surface area contributed by atoms with Crippen LogP contribution in [0.3, 0.4) is 0 Å². The number of carbonyl (C=O) groups excluding carboxylic acids is 1. The first-order valence-corrected chi connectivity index (χ1v) is 6.73. The monoisotopic (exact) mass is 278 g/mol. The summed E-state index contributed by atoms with van der Waals surface area (Å²) in [5, 5.41) is 11.2. The van der Waals surface area contributed by atoms with Crippen molar-refractivity contribution in [1.29, 1.82) is 0 Å². The third-order valence-electron chi connectivity index (χ3n) is 3.45. The van der Waals surface area contributed by atoms with Gasteiger partial charge in [-0.05, 0) is 38.3 Å². The molecule has 0 aliphatic carbocycles. The second kappa shape index (κ2) is 5.90. The van der Waals surface area contributed by atoms with Crippen LogP contribution < -0.4 is 4.90 Å². The van der Waals surface area contributed by atoms with E-state index >= 15 is 0 Å². The van der Waals surface area contributed by atoms with Crippen molar-refractivity contribution in [3.8, 4) is 0 Å². The van der Waals surface area contributed by atoms with Crippen LogP contribution in [0.2, 0.25) is 0 Å². The maximum Gasteiger partial charge on any atom is 0.328 e. The molecule has 1 unspecified atom stereocenters. The molecule has 0 radical (unpaired) electrons. The summed E-state index contributed by atoms with van der Waals surface area (Å²) in [5.74, 6) is -0.306. The number of nitro groups is 1. The minimum absolute atomic E-state index is 0.0428. The number of rotatable bonds is 4. The highest BCUT2D eigenvalue weighted by atomic mass is 16.6. The average Bonchev–Trinajstić information content (AvgIpc) is 2.88. The van der Waals surface area contributed by atoms with E-state index < -0.39 is 11.0 Å². The zero-order chi connectivity index (χ0) is 14.7. The van der Waals surface area contributed by atoms with Gasteiger partial charge in [0.15, 0.2) is 0 Å². The smallest absolute Gasteiger partial charge is 0.328 e. The van der Waals surface area contributed by atoms with Gasteiger partial charge < -0.3 is 9.64 Å². The normalized spacial score (nSPS) is 18.1. The number of anilines is 1. The van der Waals surface area contributed by atoms with E-state index in [-0.39, 0.29) is 11.7 Å². The molecule has 6 heteroatoms. The maximum absolute atomic E-state index is 11.9. The summed E-state index contributed by atoms with van der Waals surface area (Å²) in [7, 11) is 0. The fourth-order valence-electron chi connectivity index (χ4n) is 2.56. The Balaban J connectivity index is 2.35. The van der Waals surface area contributed by atoms with Gasteiger partial charge in [-0.15, -0.1) is 0 Å². The lowest BCUT2D eigenvalue weighted by molar-refractivity contribution is -0.384. The van der Waals surface area contributed by atoms with Crippen molar-refractivity contribution in [2.24, 2.45) is 0 Å². The summed E-state index contributed by atoms with van der Waals surface area (Å²) in [4.78, 5) is 24.5. The molecule has 2 rings (SSSR count). The van der Waals surface area contributed by atoms with Crippen molar-refractivity contribution < 1.29 is 14.5 Å². The lowest BCUT2D eigenvalue weighted by atomic mass is 10.1. The van der Waals surface area contributed by atoms with Crippen LogP contribution >= 0.6 is 0 Å². The number of nitro benzene ring substituents is 1. The molecule has 1 fully saturated rings. The van der Waals surface area contributed by atoms with Crippen LogP contribution in [0, 0.1) is 17.0 Å². The molecular formula is C14H18N2O4. The first kappa shape index (κ1) is 14.3. The fraction of sp³-hybridized carbons (Fsp3) is 0.500. The third kappa shape index (κ3) is 2.74. The quantitative estimate of drug-likeness (QED) is 0.480. The van der Waals surface area contributed by atoms with Gasteiger partial charge >= 0.3 is 5.97 Å². The number of benzene rings is 1. The van der Waals surface area contributed by atoms with Crippen LogP contribution in [-0.2, 0) is 9.53 Å². The highest BCUT2D eigenvalue weighted by Gasteiger charge is 2.35. The van der Waals surface area contributed by atoms with Crippen molar-refractivity contribution >= 4 is 17.3 Å². The largest absolute Gasteiger partial charge is 0.464 e. The number of nitrogens with zero attached hydrogens (tertiary/aromatic N) is 2. The van der Waals surface area contributed by atoms with E-state index in [4.69, 9.17) is 4.74 Å². The van der Waals surface area contributed by atoms with E-state index in [1.54, 1.807) is 17.9 Å². The zero-order valence-electron chi connectivity index (χ0n) is 11.7. The minimum atomic E-state index is -0.420. The van der Waals surface area contributed by atoms with Gasteiger partial charge in [0.2, 0.25) is 0 Å². The molecule has 108 valence electrons. The summed E-state index contributed by atoms with van der Waals surface area (Å²) in [5.41, 5.74) is 1.37. The van der Waals surface area contributed by atoms with Crippen molar-refractivity contribution in [3.05, 3.63) is 33.9 Å². The standard InChI is InChI=1S/C14H18N2O4/c1-3-20-14(17)12-5-4-8-15(12)11-7-6-10(2)9-13(11)16(18)19/h6-7,9,12H,3-5,8H2,1-2H3. The number of ether oxygens (including phenoxy) is 1. The predicted molar refractivity (Wildman–Crippen MR) is 74.8 cm³/mol. The van der Waals surface area contributed by atoms with Crippen LogP contribution in [0.25, 0.3) is 0 Å². The van der Waals surface area contributed by atoms with E-state index in [1.165, 1.54) is 6.07 Å². The van der Waals surface area contributed by atoms with Crippen LogP contribution in [0.15, 0.2) is 18.2 Å². The molecule has 0 bridgehead atoms. The molecule has 6 nitrogen and oxygen atoms in total. The number of hydrogen-bond donors (Lipinski definition) is 0. The summed E-state index contributed by atoms with van der Waals surface area (Å²) in [6.45, 7) is 4.52. The van der Waals surface area contributed by atoms with Crippen LogP contribution in [0.1, 0.15) is 25.3 Å². The molecule has 1 aromatic rings. The molecule has 0 amide bonds. The molecule has 1 aliphatic heterocycles. The topological polar surface area (TPSA) is 72.7 Å². The molecule has 1 heterocycles. The van der Waals surface area contributed by atoms with Gasteiger partial charge in [0.05, 0.1) is 11.5 Å². The zero-order valence-corrected chi connectivity index (χ0v) is 11.7. The summed E-state index contributed by atoms with van der Waals surface area (Å²) in [6, 6.07) is 4.65. The molecule has 1 aliphatic rings. The number of esters is 1. The Morgan fingerprint density at radius 3 is 2.95 bits per heavy atom. The molecule has 0 aromatic heterocycles. The highest BCUT2D eigenvalue weighted by molar-refractivity contribution is 5.82. The average molecular weight is 278 g/mol. The van der Waals surface area contributed by atoms with Crippen LogP contribution in [0.4, 0.5) is 11.4 Å². The maximum atomic E-state index is 11.9. The number of aryl methyl sites for hydroxylation is 1.